The third kappa shape index (κ3) is 6.00. The number of amides is 3. The van der Waals surface area contributed by atoms with Gasteiger partial charge in [-0.2, -0.15) is 0 Å². The van der Waals surface area contributed by atoms with Crippen LogP contribution in [0, 0.1) is 0 Å². The molecule has 1 atom stereocenters. The van der Waals surface area contributed by atoms with Crippen LogP contribution in [0.15, 0.2) is 94.9 Å². The van der Waals surface area contributed by atoms with Crippen molar-refractivity contribution < 1.29 is 14.4 Å². The third-order valence-electron chi connectivity index (χ3n) is 6.17. The van der Waals surface area contributed by atoms with Crippen molar-refractivity contribution in [3.63, 3.8) is 0 Å². The highest BCUT2D eigenvalue weighted by molar-refractivity contribution is 8.14. The summed E-state index contributed by atoms with van der Waals surface area (Å²) in [5.41, 5.74) is 3.54. The molecule has 9 heteroatoms. The Balaban J connectivity index is 1.22. The Labute approximate surface area is 225 Å². The zero-order valence-corrected chi connectivity index (χ0v) is 21.5. The number of nitrogens with one attached hydrogen (secondary N) is 2. The fourth-order valence-corrected chi connectivity index (χ4v) is 5.08. The van der Waals surface area contributed by atoms with Gasteiger partial charge in [0.15, 0.2) is 5.17 Å². The van der Waals surface area contributed by atoms with Crippen LogP contribution in [0.1, 0.15) is 23.1 Å². The van der Waals surface area contributed by atoms with Gasteiger partial charge in [-0.3, -0.25) is 19.4 Å². The van der Waals surface area contributed by atoms with E-state index in [9.17, 15) is 14.4 Å². The second kappa shape index (κ2) is 11.9. The van der Waals surface area contributed by atoms with E-state index in [-0.39, 0.29) is 29.9 Å². The molecular formula is C29H27N5O3S. The van der Waals surface area contributed by atoms with Crippen LogP contribution in [0.4, 0.5) is 5.69 Å². The molecule has 3 aromatic carbocycles. The molecule has 0 aliphatic carbocycles. The molecule has 0 radical (unpaired) electrons. The van der Waals surface area contributed by atoms with Crippen LogP contribution in [0.5, 0.6) is 0 Å². The topological polar surface area (TPSA) is 103 Å². The van der Waals surface area contributed by atoms with Gasteiger partial charge in [0.25, 0.3) is 5.91 Å². The Hall–Kier alpha value is -4.24. The number of aliphatic imine (C=N–C) groups is 2. The van der Waals surface area contributed by atoms with E-state index in [0.717, 1.165) is 16.7 Å². The maximum atomic E-state index is 13.4. The average molecular weight is 526 g/mol. The summed E-state index contributed by atoms with van der Waals surface area (Å²) < 4.78 is 0. The van der Waals surface area contributed by atoms with Crippen molar-refractivity contribution in [3.8, 4) is 0 Å². The molecule has 0 spiro atoms. The number of carbonyl (C=O) groups excluding carboxylic acids is 3. The average Bonchev–Trinajstić information content (AvgIpc) is 3.27. The highest BCUT2D eigenvalue weighted by atomic mass is 32.2. The summed E-state index contributed by atoms with van der Waals surface area (Å²) in [4.78, 5) is 49.3. The summed E-state index contributed by atoms with van der Waals surface area (Å²) in [6.45, 7) is 0.903. The van der Waals surface area contributed by atoms with Crippen molar-refractivity contribution in [2.75, 3.05) is 12.3 Å². The fourth-order valence-electron chi connectivity index (χ4n) is 4.25. The lowest BCUT2D eigenvalue weighted by molar-refractivity contribution is -0.128. The third-order valence-corrected chi connectivity index (χ3v) is 7.11. The molecule has 2 heterocycles. The number of amidine groups is 2. The molecule has 3 amide bonds. The van der Waals surface area contributed by atoms with Gasteiger partial charge in [0.2, 0.25) is 11.8 Å². The van der Waals surface area contributed by atoms with Crippen LogP contribution in [0.2, 0.25) is 0 Å². The quantitative estimate of drug-likeness (QED) is 0.447. The minimum atomic E-state index is -0.842. The largest absolute Gasteiger partial charge is 0.356 e. The van der Waals surface area contributed by atoms with E-state index in [1.54, 1.807) is 0 Å². The lowest BCUT2D eigenvalue weighted by Gasteiger charge is -2.25. The molecule has 3 aromatic rings. The van der Waals surface area contributed by atoms with E-state index < -0.39 is 6.04 Å². The predicted octanol–water partition coefficient (Wildman–Crippen LogP) is 3.44. The van der Waals surface area contributed by atoms with Crippen LogP contribution in [0.25, 0.3) is 0 Å². The molecule has 38 heavy (non-hydrogen) atoms. The second-order valence-electron chi connectivity index (χ2n) is 8.89. The Morgan fingerprint density at radius 3 is 2.29 bits per heavy atom. The van der Waals surface area contributed by atoms with Gasteiger partial charge in [0, 0.05) is 18.7 Å². The molecule has 2 N–H and O–H groups in total. The van der Waals surface area contributed by atoms with Crippen molar-refractivity contribution in [1.82, 2.24) is 15.5 Å². The van der Waals surface area contributed by atoms with E-state index >= 15 is 0 Å². The molecule has 0 bridgehead atoms. The molecule has 0 saturated heterocycles. The zero-order valence-electron chi connectivity index (χ0n) is 20.7. The molecule has 0 saturated carbocycles. The molecular weight excluding hydrogens is 498 g/mol. The molecule has 192 valence electrons. The van der Waals surface area contributed by atoms with E-state index in [0.29, 0.717) is 36.2 Å². The van der Waals surface area contributed by atoms with Crippen molar-refractivity contribution in [3.05, 3.63) is 102 Å². The van der Waals surface area contributed by atoms with Crippen LogP contribution >= 0.6 is 11.8 Å². The van der Waals surface area contributed by atoms with Crippen LogP contribution in [-0.4, -0.2) is 52.0 Å². The first-order valence-electron chi connectivity index (χ1n) is 12.4. The zero-order chi connectivity index (χ0) is 26.3. The Kier molecular flexibility index (Phi) is 7.94. The van der Waals surface area contributed by atoms with E-state index in [1.807, 2.05) is 84.9 Å². The van der Waals surface area contributed by atoms with Gasteiger partial charge in [-0.15, -0.1) is 0 Å². The van der Waals surface area contributed by atoms with Gasteiger partial charge in [0.05, 0.1) is 17.9 Å². The molecule has 8 nitrogen and oxygen atoms in total. The van der Waals surface area contributed by atoms with E-state index in [4.69, 9.17) is 0 Å². The Morgan fingerprint density at radius 1 is 0.842 bits per heavy atom. The Morgan fingerprint density at radius 2 is 1.53 bits per heavy atom. The smallest absolute Gasteiger partial charge is 0.259 e. The van der Waals surface area contributed by atoms with E-state index in [1.165, 1.54) is 16.7 Å². The summed E-state index contributed by atoms with van der Waals surface area (Å²) in [5, 5.41) is 6.17. The first-order valence-corrected chi connectivity index (χ1v) is 13.4. The first-order chi connectivity index (χ1) is 18.6. The Bertz CT molecular complexity index is 1390. The maximum Gasteiger partial charge on any atom is 0.259 e. The van der Waals surface area contributed by atoms with Gasteiger partial charge in [-0.1, -0.05) is 84.6 Å². The number of hydrogen-bond donors (Lipinski definition) is 2. The number of carbonyl (C=O) groups is 3. The number of nitrogens with zero attached hydrogens (tertiary/aromatic N) is 3. The van der Waals surface area contributed by atoms with Gasteiger partial charge < -0.3 is 10.6 Å². The summed E-state index contributed by atoms with van der Waals surface area (Å²) in [5.74, 6) is -0.156. The number of fused-ring (bicyclic) bond motifs is 3. The highest BCUT2D eigenvalue weighted by Crippen LogP contribution is 2.34. The van der Waals surface area contributed by atoms with Crippen LogP contribution in [-0.2, 0) is 27.3 Å². The fraction of sp³-hybridized carbons (Fsp3) is 0.207. The lowest BCUT2D eigenvalue weighted by Crippen LogP contribution is -2.42. The van der Waals surface area contributed by atoms with E-state index in [2.05, 4.69) is 20.6 Å². The summed E-state index contributed by atoms with van der Waals surface area (Å²) >= 11 is 1.18. The minimum Gasteiger partial charge on any atom is -0.356 e. The monoisotopic (exact) mass is 525 g/mol. The maximum absolute atomic E-state index is 13.4. The van der Waals surface area contributed by atoms with Crippen molar-refractivity contribution in [1.29, 1.82) is 0 Å². The van der Waals surface area contributed by atoms with Crippen LogP contribution < -0.4 is 10.6 Å². The van der Waals surface area contributed by atoms with Crippen molar-refractivity contribution in [2.24, 2.45) is 9.98 Å². The SMILES string of the molecule is O=C(CSC1=Nc2ccccc2C2=NC(CC(=O)NCCc3ccccc3)C(=O)N12)NCc1ccccc1. The molecule has 0 fully saturated rings. The molecule has 0 aromatic heterocycles. The van der Waals surface area contributed by atoms with Crippen molar-refractivity contribution in [2.45, 2.75) is 25.4 Å². The summed E-state index contributed by atoms with van der Waals surface area (Å²) in [6.07, 6.45) is 0.657. The number of para-hydroxylation sites is 1. The summed E-state index contributed by atoms with van der Waals surface area (Å²) in [7, 11) is 0. The second-order valence-corrected chi connectivity index (χ2v) is 9.84. The molecule has 1 unspecified atom stereocenters. The van der Waals surface area contributed by atoms with Gasteiger partial charge >= 0.3 is 0 Å². The van der Waals surface area contributed by atoms with Gasteiger partial charge in [-0.05, 0) is 29.7 Å². The number of hydrogen-bond acceptors (Lipinski definition) is 6. The molecule has 5 rings (SSSR count). The minimum absolute atomic E-state index is 0.0503. The van der Waals surface area contributed by atoms with Crippen molar-refractivity contribution >= 4 is 46.2 Å². The first kappa shape index (κ1) is 25.4. The normalized spacial score (nSPS) is 15.7. The number of rotatable bonds is 9. The highest BCUT2D eigenvalue weighted by Gasteiger charge is 2.42. The summed E-state index contributed by atoms with van der Waals surface area (Å²) in [6, 6.07) is 26.1. The lowest BCUT2D eigenvalue weighted by atomic mass is 10.1. The predicted molar refractivity (Wildman–Crippen MR) is 149 cm³/mol. The van der Waals surface area contributed by atoms with Crippen LogP contribution in [0.3, 0.4) is 0 Å². The number of benzene rings is 3. The van der Waals surface area contributed by atoms with Gasteiger partial charge in [0.1, 0.15) is 11.9 Å². The standard InChI is InChI=1S/C29H27N5O3S/c35-25(30-16-15-20-9-3-1-4-10-20)17-24-28(37)34-27(32-24)22-13-7-8-14-23(22)33-29(34)38-19-26(36)31-18-21-11-5-2-6-12-21/h1-14,24H,15-19H2,(H,30,35)(H,31,36). The number of thioether (sulfide) groups is 1. The molecule has 2 aliphatic heterocycles. The van der Waals surface area contributed by atoms with Gasteiger partial charge in [-0.25, -0.2) is 9.89 Å². The molecule has 2 aliphatic rings.